The van der Waals surface area contributed by atoms with Gasteiger partial charge in [-0.05, 0) is 31.2 Å². The first-order chi connectivity index (χ1) is 8.92. The van der Waals surface area contributed by atoms with Gasteiger partial charge in [0.1, 0.15) is 0 Å². The molecule has 0 rings (SSSR count). The Morgan fingerprint density at radius 3 is 2.32 bits per heavy atom. The molecule has 2 atom stereocenters. The van der Waals surface area contributed by atoms with Crippen LogP contribution in [0.1, 0.15) is 46.5 Å². The Morgan fingerprint density at radius 1 is 1.26 bits per heavy atom. The van der Waals surface area contributed by atoms with Crippen LogP contribution >= 0.6 is 0 Å². The van der Waals surface area contributed by atoms with Crippen molar-refractivity contribution in [1.82, 2.24) is 5.32 Å². The third kappa shape index (κ3) is 7.82. The number of hydrogen-bond acceptors (Lipinski definition) is 3. The van der Waals surface area contributed by atoms with E-state index in [9.17, 15) is 9.59 Å². The van der Waals surface area contributed by atoms with Crippen molar-refractivity contribution in [3.8, 4) is 0 Å². The number of rotatable bonds is 10. The topological polar surface area (TPSA) is 92.4 Å². The minimum atomic E-state index is -0.857. The second kappa shape index (κ2) is 9.78. The number of carbonyl (C=O) groups excluding carboxylic acids is 1. The standard InChI is InChI=1S/C14H28N2O3/c1-4-11(7-8-15)5-6-13(17)16-9-12(10(2)3)14(18)19/h10-12H,4-9,15H2,1-3H3,(H,16,17)(H,18,19). The molecule has 19 heavy (non-hydrogen) atoms. The number of aliphatic carboxylic acids is 1. The van der Waals surface area contributed by atoms with Crippen molar-refractivity contribution in [3.63, 3.8) is 0 Å². The van der Waals surface area contributed by atoms with E-state index in [0.717, 1.165) is 19.3 Å². The van der Waals surface area contributed by atoms with Gasteiger partial charge in [-0.1, -0.05) is 27.2 Å². The lowest BCUT2D eigenvalue weighted by atomic mass is 9.95. The molecule has 0 saturated heterocycles. The average molecular weight is 272 g/mol. The Balaban J connectivity index is 4.00. The van der Waals surface area contributed by atoms with Crippen molar-refractivity contribution in [2.24, 2.45) is 23.5 Å². The Kier molecular flexibility index (Phi) is 9.21. The van der Waals surface area contributed by atoms with Crippen LogP contribution in [-0.2, 0) is 9.59 Å². The van der Waals surface area contributed by atoms with Crippen LogP contribution in [-0.4, -0.2) is 30.1 Å². The Morgan fingerprint density at radius 2 is 1.89 bits per heavy atom. The molecule has 0 bridgehead atoms. The fourth-order valence-electron chi connectivity index (χ4n) is 2.04. The Labute approximate surface area is 115 Å². The summed E-state index contributed by atoms with van der Waals surface area (Å²) in [6, 6.07) is 0. The number of hydrogen-bond donors (Lipinski definition) is 3. The first-order valence-electron chi connectivity index (χ1n) is 7.11. The lowest BCUT2D eigenvalue weighted by Crippen LogP contribution is -2.35. The lowest BCUT2D eigenvalue weighted by Gasteiger charge is -2.17. The summed E-state index contributed by atoms with van der Waals surface area (Å²) in [7, 11) is 0. The van der Waals surface area contributed by atoms with Crippen molar-refractivity contribution in [2.45, 2.75) is 46.5 Å². The quantitative estimate of drug-likeness (QED) is 0.563. The summed E-state index contributed by atoms with van der Waals surface area (Å²) in [5, 5.41) is 11.7. The minimum Gasteiger partial charge on any atom is -0.481 e. The molecule has 0 aliphatic heterocycles. The van der Waals surface area contributed by atoms with E-state index in [0.29, 0.717) is 18.9 Å². The molecule has 5 heteroatoms. The van der Waals surface area contributed by atoms with E-state index in [1.165, 1.54) is 0 Å². The third-order valence-electron chi connectivity index (χ3n) is 3.57. The molecule has 0 heterocycles. The fourth-order valence-corrected chi connectivity index (χ4v) is 2.04. The van der Waals surface area contributed by atoms with Crippen LogP contribution in [0.25, 0.3) is 0 Å². The molecule has 4 N–H and O–H groups in total. The molecule has 0 aromatic carbocycles. The number of carboxylic acid groups (broad SMARTS) is 1. The summed E-state index contributed by atoms with van der Waals surface area (Å²) in [5.74, 6) is -0.947. The molecular formula is C14H28N2O3. The van der Waals surface area contributed by atoms with Gasteiger partial charge in [-0.3, -0.25) is 9.59 Å². The van der Waals surface area contributed by atoms with Crippen LogP contribution in [0.2, 0.25) is 0 Å². The Hall–Kier alpha value is -1.10. The maximum Gasteiger partial charge on any atom is 0.308 e. The average Bonchev–Trinajstić information content (AvgIpc) is 2.33. The molecular weight excluding hydrogens is 244 g/mol. The van der Waals surface area contributed by atoms with Crippen LogP contribution < -0.4 is 11.1 Å². The maximum atomic E-state index is 11.7. The third-order valence-corrected chi connectivity index (χ3v) is 3.57. The highest BCUT2D eigenvalue weighted by atomic mass is 16.4. The van der Waals surface area contributed by atoms with Gasteiger partial charge in [0.05, 0.1) is 5.92 Å². The summed E-state index contributed by atoms with van der Waals surface area (Å²) >= 11 is 0. The molecule has 0 radical (unpaired) electrons. The first kappa shape index (κ1) is 17.9. The van der Waals surface area contributed by atoms with E-state index < -0.39 is 11.9 Å². The van der Waals surface area contributed by atoms with Gasteiger partial charge in [-0.15, -0.1) is 0 Å². The number of amides is 1. The summed E-state index contributed by atoms with van der Waals surface area (Å²) in [5.41, 5.74) is 5.51. The second-order valence-electron chi connectivity index (χ2n) is 5.38. The summed E-state index contributed by atoms with van der Waals surface area (Å²) in [4.78, 5) is 22.7. The fraction of sp³-hybridized carbons (Fsp3) is 0.857. The highest BCUT2D eigenvalue weighted by Gasteiger charge is 2.21. The zero-order valence-electron chi connectivity index (χ0n) is 12.3. The van der Waals surface area contributed by atoms with Gasteiger partial charge in [0.2, 0.25) is 5.91 Å². The van der Waals surface area contributed by atoms with Gasteiger partial charge in [0.25, 0.3) is 0 Å². The predicted octanol–water partition coefficient (Wildman–Crippen LogP) is 1.61. The highest BCUT2D eigenvalue weighted by Crippen LogP contribution is 2.14. The zero-order valence-corrected chi connectivity index (χ0v) is 12.3. The summed E-state index contributed by atoms with van der Waals surface area (Å²) < 4.78 is 0. The van der Waals surface area contributed by atoms with Crippen molar-refractivity contribution in [1.29, 1.82) is 0 Å². The minimum absolute atomic E-state index is 0.0124. The van der Waals surface area contributed by atoms with E-state index in [2.05, 4.69) is 12.2 Å². The van der Waals surface area contributed by atoms with Crippen LogP contribution in [0.3, 0.4) is 0 Å². The summed E-state index contributed by atoms with van der Waals surface area (Å²) in [6.45, 7) is 6.64. The molecule has 112 valence electrons. The molecule has 0 aromatic heterocycles. The molecule has 0 saturated carbocycles. The molecule has 0 fully saturated rings. The van der Waals surface area contributed by atoms with E-state index in [-0.39, 0.29) is 18.4 Å². The van der Waals surface area contributed by atoms with Gasteiger partial charge in [0.15, 0.2) is 0 Å². The molecule has 0 aromatic rings. The van der Waals surface area contributed by atoms with Crippen LogP contribution in [0.15, 0.2) is 0 Å². The summed E-state index contributed by atoms with van der Waals surface area (Å²) in [6.07, 6.45) is 3.23. The smallest absolute Gasteiger partial charge is 0.308 e. The Bertz CT molecular complexity index is 280. The predicted molar refractivity (Wildman–Crippen MR) is 75.7 cm³/mol. The molecule has 5 nitrogen and oxygen atoms in total. The second-order valence-corrected chi connectivity index (χ2v) is 5.38. The van der Waals surface area contributed by atoms with Crippen LogP contribution in [0, 0.1) is 17.8 Å². The van der Waals surface area contributed by atoms with E-state index in [1.807, 2.05) is 13.8 Å². The van der Waals surface area contributed by atoms with E-state index in [4.69, 9.17) is 10.8 Å². The van der Waals surface area contributed by atoms with Crippen molar-refractivity contribution in [2.75, 3.05) is 13.1 Å². The SMILES string of the molecule is CCC(CCN)CCC(=O)NCC(C(=O)O)C(C)C. The molecule has 2 unspecified atom stereocenters. The van der Waals surface area contributed by atoms with E-state index in [1.54, 1.807) is 0 Å². The van der Waals surface area contributed by atoms with Gasteiger partial charge in [-0.25, -0.2) is 0 Å². The molecule has 1 amide bonds. The largest absolute Gasteiger partial charge is 0.481 e. The number of carboxylic acids is 1. The van der Waals surface area contributed by atoms with Gasteiger partial charge in [-0.2, -0.15) is 0 Å². The monoisotopic (exact) mass is 272 g/mol. The van der Waals surface area contributed by atoms with Gasteiger partial charge < -0.3 is 16.2 Å². The zero-order chi connectivity index (χ0) is 14.8. The van der Waals surface area contributed by atoms with Gasteiger partial charge in [0, 0.05) is 13.0 Å². The van der Waals surface area contributed by atoms with Gasteiger partial charge >= 0.3 is 5.97 Å². The van der Waals surface area contributed by atoms with E-state index >= 15 is 0 Å². The number of nitrogens with two attached hydrogens (primary N) is 1. The van der Waals surface area contributed by atoms with Crippen molar-refractivity contribution < 1.29 is 14.7 Å². The van der Waals surface area contributed by atoms with Crippen molar-refractivity contribution in [3.05, 3.63) is 0 Å². The lowest BCUT2D eigenvalue weighted by molar-refractivity contribution is -0.143. The molecule has 0 spiro atoms. The maximum absolute atomic E-state index is 11.7. The van der Waals surface area contributed by atoms with Crippen LogP contribution in [0.5, 0.6) is 0 Å². The molecule has 0 aliphatic carbocycles. The first-order valence-corrected chi connectivity index (χ1v) is 7.11. The highest BCUT2D eigenvalue weighted by molar-refractivity contribution is 5.77. The van der Waals surface area contributed by atoms with Crippen LogP contribution in [0.4, 0.5) is 0 Å². The van der Waals surface area contributed by atoms with Crippen molar-refractivity contribution >= 4 is 11.9 Å². The normalized spacial score (nSPS) is 14.2. The number of carbonyl (C=O) groups is 2. The number of nitrogens with one attached hydrogen (secondary N) is 1. The molecule has 0 aliphatic rings.